The molecule has 1 aromatic rings. The molecule has 1 aliphatic rings. The topological polar surface area (TPSA) is 48.3 Å². The molecule has 0 radical (unpaired) electrons. The lowest BCUT2D eigenvalue weighted by atomic mass is 10.2. The van der Waals surface area contributed by atoms with Gasteiger partial charge in [0.25, 0.3) is 0 Å². The van der Waals surface area contributed by atoms with Gasteiger partial charge in [0.15, 0.2) is 5.75 Å². The first-order chi connectivity index (χ1) is 8.81. The van der Waals surface area contributed by atoms with Gasteiger partial charge in [-0.05, 0) is 26.3 Å². The standard InChI is InChI=1S/C13H23N3O2/c1-3-14-7-11-5-6-12(18-11)10-17-13-8-15-16(4-2)9-13/h8-9,11-12,14H,3-7,10H2,1-2H3. The summed E-state index contributed by atoms with van der Waals surface area (Å²) in [5.41, 5.74) is 0. The van der Waals surface area contributed by atoms with Crippen LogP contribution >= 0.6 is 0 Å². The molecule has 2 unspecified atom stereocenters. The fourth-order valence-corrected chi connectivity index (χ4v) is 2.14. The smallest absolute Gasteiger partial charge is 0.157 e. The molecule has 1 saturated heterocycles. The lowest BCUT2D eigenvalue weighted by Gasteiger charge is -2.14. The summed E-state index contributed by atoms with van der Waals surface area (Å²) in [6, 6.07) is 0. The monoisotopic (exact) mass is 253 g/mol. The van der Waals surface area contributed by atoms with Gasteiger partial charge in [0.1, 0.15) is 6.61 Å². The molecule has 2 heterocycles. The van der Waals surface area contributed by atoms with Crippen LogP contribution < -0.4 is 10.1 Å². The zero-order chi connectivity index (χ0) is 12.8. The van der Waals surface area contributed by atoms with Crippen LogP contribution in [0.4, 0.5) is 0 Å². The first-order valence-corrected chi connectivity index (χ1v) is 6.83. The van der Waals surface area contributed by atoms with Crippen molar-refractivity contribution in [3.05, 3.63) is 12.4 Å². The Bertz CT molecular complexity index is 354. The van der Waals surface area contributed by atoms with E-state index < -0.39 is 0 Å². The Morgan fingerprint density at radius 1 is 1.44 bits per heavy atom. The number of hydrogen-bond donors (Lipinski definition) is 1. The van der Waals surface area contributed by atoms with E-state index in [9.17, 15) is 0 Å². The Balaban J connectivity index is 1.68. The van der Waals surface area contributed by atoms with Gasteiger partial charge in [0.2, 0.25) is 0 Å². The summed E-state index contributed by atoms with van der Waals surface area (Å²) in [4.78, 5) is 0. The van der Waals surface area contributed by atoms with Crippen molar-refractivity contribution < 1.29 is 9.47 Å². The summed E-state index contributed by atoms with van der Waals surface area (Å²) in [6.45, 7) is 7.60. The van der Waals surface area contributed by atoms with Crippen molar-refractivity contribution in [3.8, 4) is 5.75 Å². The van der Waals surface area contributed by atoms with E-state index in [0.717, 1.165) is 38.2 Å². The predicted molar refractivity (Wildman–Crippen MR) is 69.8 cm³/mol. The average molecular weight is 253 g/mol. The Morgan fingerprint density at radius 2 is 2.28 bits per heavy atom. The van der Waals surface area contributed by atoms with Crippen LogP contribution in [0.2, 0.25) is 0 Å². The highest BCUT2D eigenvalue weighted by atomic mass is 16.5. The van der Waals surface area contributed by atoms with Gasteiger partial charge in [-0.25, -0.2) is 0 Å². The van der Waals surface area contributed by atoms with Crippen LogP contribution in [0, 0.1) is 0 Å². The first kappa shape index (κ1) is 13.4. The summed E-state index contributed by atoms with van der Waals surface area (Å²) in [7, 11) is 0. The minimum absolute atomic E-state index is 0.221. The normalized spacial score (nSPS) is 23.4. The van der Waals surface area contributed by atoms with E-state index in [4.69, 9.17) is 9.47 Å². The van der Waals surface area contributed by atoms with Gasteiger partial charge in [0.05, 0.1) is 24.6 Å². The SMILES string of the molecule is CCNCC1CCC(COc2cnn(CC)c2)O1. The van der Waals surface area contributed by atoms with Crippen molar-refractivity contribution >= 4 is 0 Å². The molecule has 18 heavy (non-hydrogen) atoms. The molecule has 2 atom stereocenters. The summed E-state index contributed by atoms with van der Waals surface area (Å²) in [6.07, 6.45) is 6.45. The molecule has 1 aliphatic heterocycles. The van der Waals surface area contributed by atoms with Crippen LogP contribution in [0.25, 0.3) is 0 Å². The van der Waals surface area contributed by atoms with Crippen molar-refractivity contribution in [2.24, 2.45) is 0 Å². The largest absolute Gasteiger partial charge is 0.488 e. The van der Waals surface area contributed by atoms with Crippen molar-refractivity contribution in [3.63, 3.8) is 0 Å². The fourth-order valence-electron chi connectivity index (χ4n) is 2.14. The third kappa shape index (κ3) is 3.71. The van der Waals surface area contributed by atoms with Gasteiger partial charge in [0, 0.05) is 13.1 Å². The van der Waals surface area contributed by atoms with Crippen LogP contribution in [0.3, 0.4) is 0 Å². The summed E-state index contributed by atoms with van der Waals surface area (Å²) >= 11 is 0. The molecule has 0 amide bonds. The minimum atomic E-state index is 0.221. The summed E-state index contributed by atoms with van der Waals surface area (Å²) in [5, 5.41) is 7.49. The minimum Gasteiger partial charge on any atom is -0.488 e. The Labute approximate surface area is 108 Å². The van der Waals surface area contributed by atoms with Crippen molar-refractivity contribution in [2.45, 2.75) is 45.4 Å². The van der Waals surface area contributed by atoms with Gasteiger partial charge < -0.3 is 14.8 Å². The molecule has 0 saturated carbocycles. The molecule has 0 bridgehead atoms. The van der Waals surface area contributed by atoms with E-state index >= 15 is 0 Å². The number of nitrogens with zero attached hydrogens (tertiary/aromatic N) is 2. The number of hydrogen-bond acceptors (Lipinski definition) is 4. The highest BCUT2D eigenvalue weighted by Crippen LogP contribution is 2.20. The van der Waals surface area contributed by atoms with Gasteiger partial charge in [-0.3, -0.25) is 4.68 Å². The van der Waals surface area contributed by atoms with E-state index in [1.54, 1.807) is 6.20 Å². The predicted octanol–water partition coefficient (Wildman–Crippen LogP) is 1.44. The third-order valence-electron chi connectivity index (χ3n) is 3.19. The molecule has 5 nitrogen and oxygen atoms in total. The van der Waals surface area contributed by atoms with E-state index in [2.05, 4.69) is 24.3 Å². The molecule has 1 N–H and O–H groups in total. The zero-order valence-corrected chi connectivity index (χ0v) is 11.3. The molecule has 5 heteroatoms. The number of rotatable bonds is 7. The molecule has 1 aromatic heterocycles. The van der Waals surface area contributed by atoms with E-state index in [1.807, 2.05) is 10.9 Å². The molecular formula is C13H23N3O2. The van der Waals surface area contributed by atoms with Crippen LogP contribution in [0.15, 0.2) is 12.4 Å². The number of likely N-dealkylation sites (N-methyl/N-ethyl adjacent to an activating group) is 1. The summed E-state index contributed by atoms with van der Waals surface area (Å²) in [5.74, 6) is 0.829. The third-order valence-corrected chi connectivity index (χ3v) is 3.19. The maximum atomic E-state index is 5.90. The number of aromatic nitrogens is 2. The van der Waals surface area contributed by atoms with Crippen LogP contribution in [-0.2, 0) is 11.3 Å². The lowest BCUT2D eigenvalue weighted by Crippen LogP contribution is -2.28. The first-order valence-electron chi connectivity index (χ1n) is 6.83. The highest BCUT2D eigenvalue weighted by molar-refractivity contribution is 5.11. The molecule has 1 fully saturated rings. The zero-order valence-electron chi connectivity index (χ0n) is 11.3. The number of aryl methyl sites for hydroxylation is 1. The second kappa shape index (κ2) is 6.75. The fraction of sp³-hybridized carbons (Fsp3) is 0.769. The van der Waals surface area contributed by atoms with E-state index in [-0.39, 0.29) is 6.10 Å². The maximum Gasteiger partial charge on any atom is 0.157 e. The second-order valence-corrected chi connectivity index (χ2v) is 4.61. The van der Waals surface area contributed by atoms with Gasteiger partial charge >= 0.3 is 0 Å². The Kier molecular flexibility index (Phi) is 5.01. The maximum absolute atomic E-state index is 5.90. The second-order valence-electron chi connectivity index (χ2n) is 4.61. The molecule has 0 spiro atoms. The van der Waals surface area contributed by atoms with Gasteiger partial charge in [-0.15, -0.1) is 0 Å². The quantitative estimate of drug-likeness (QED) is 0.799. The molecule has 2 rings (SSSR count). The van der Waals surface area contributed by atoms with Gasteiger partial charge in [-0.1, -0.05) is 6.92 Å². The van der Waals surface area contributed by atoms with Gasteiger partial charge in [-0.2, -0.15) is 5.10 Å². The lowest BCUT2D eigenvalue weighted by molar-refractivity contribution is 0.0188. The summed E-state index contributed by atoms with van der Waals surface area (Å²) < 4.78 is 13.5. The van der Waals surface area contributed by atoms with Crippen LogP contribution in [0.1, 0.15) is 26.7 Å². The highest BCUT2D eigenvalue weighted by Gasteiger charge is 2.25. The molecular weight excluding hydrogens is 230 g/mol. The average Bonchev–Trinajstić information content (AvgIpc) is 3.03. The van der Waals surface area contributed by atoms with Crippen LogP contribution in [0.5, 0.6) is 5.75 Å². The van der Waals surface area contributed by atoms with Crippen molar-refractivity contribution in [1.29, 1.82) is 0 Å². The molecule has 0 aliphatic carbocycles. The Morgan fingerprint density at radius 3 is 3.00 bits per heavy atom. The molecule has 102 valence electrons. The Hall–Kier alpha value is -1.07. The van der Waals surface area contributed by atoms with E-state index in [0.29, 0.717) is 12.7 Å². The van der Waals surface area contributed by atoms with E-state index in [1.165, 1.54) is 0 Å². The van der Waals surface area contributed by atoms with Crippen molar-refractivity contribution in [2.75, 3.05) is 19.7 Å². The number of nitrogens with one attached hydrogen (secondary N) is 1. The number of ether oxygens (including phenoxy) is 2. The van der Waals surface area contributed by atoms with Crippen LogP contribution in [-0.4, -0.2) is 41.7 Å². The molecule has 0 aromatic carbocycles. The van der Waals surface area contributed by atoms with Crippen molar-refractivity contribution in [1.82, 2.24) is 15.1 Å².